The molecule has 1 N–H and O–H groups in total. The Morgan fingerprint density at radius 2 is 1.88 bits per heavy atom. The molecule has 0 aliphatic heterocycles. The third kappa shape index (κ3) is 4.07. The number of anilines is 2. The van der Waals surface area contributed by atoms with Gasteiger partial charge in [0.25, 0.3) is 0 Å². The van der Waals surface area contributed by atoms with E-state index in [0.717, 1.165) is 33.4 Å². The molecular formula is C21H17N3OS. The van der Waals surface area contributed by atoms with E-state index in [4.69, 9.17) is 4.74 Å². The number of aromatic nitrogens is 2. The minimum Gasteiger partial charge on any atom is -0.489 e. The summed E-state index contributed by atoms with van der Waals surface area (Å²) in [7, 11) is 0. The number of nitrogens with one attached hydrogen (secondary N) is 1. The van der Waals surface area contributed by atoms with Crippen LogP contribution < -0.4 is 10.1 Å². The summed E-state index contributed by atoms with van der Waals surface area (Å²) in [6, 6.07) is 22.0. The molecule has 128 valence electrons. The summed E-state index contributed by atoms with van der Waals surface area (Å²) in [6.07, 6.45) is 3.58. The number of hydrogen-bond acceptors (Lipinski definition) is 5. The Morgan fingerprint density at radius 1 is 0.962 bits per heavy atom. The van der Waals surface area contributed by atoms with Gasteiger partial charge in [-0.1, -0.05) is 36.4 Å². The van der Waals surface area contributed by atoms with Crippen LogP contribution >= 0.6 is 11.3 Å². The Bertz CT molecular complexity index is 971. The second kappa shape index (κ2) is 7.80. The van der Waals surface area contributed by atoms with E-state index < -0.39 is 0 Å². The highest BCUT2D eigenvalue weighted by atomic mass is 32.1. The molecule has 0 fully saturated rings. The van der Waals surface area contributed by atoms with Gasteiger partial charge in [0.1, 0.15) is 12.4 Å². The van der Waals surface area contributed by atoms with Crippen LogP contribution in [0.5, 0.6) is 5.75 Å². The van der Waals surface area contributed by atoms with E-state index in [1.807, 2.05) is 66.2 Å². The van der Waals surface area contributed by atoms with Crippen molar-refractivity contribution in [2.75, 3.05) is 5.32 Å². The van der Waals surface area contributed by atoms with E-state index in [1.165, 1.54) is 0 Å². The van der Waals surface area contributed by atoms with Crippen LogP contribution in [0.2, 0.25) is 0 Å². The van der Waals surface area contributed by atoms with E-state index >= 15 is 0 Å². The lowest BCUT2D eigenvalue weighted by Crippen LogP contribution is -1.96. The molecule has 4 aromatic rings. The van der Waals surface area contributed by atoms with Crippen LogP contribution in [0.25, 0.3) is 11.3 Å². The lowest BCUT2D eigenvalue weighted by Gasteiger charge is -2.08. The second-order valence-corrected chi connectivity index (χ2v) is 6.56. The molecule has 0 aliphatic rings. The van der Waals surface area contributed by atoms with Crippen molar-refractivity contribution in [2.24, 2.45) is 0 Å². The molecule has 2 aromatic carbocycles. The topological polar surface area (TPSA) is 47.0 Å². The highest BCUT2D eigenvalue weighted by Gasteiger charge is 2.05. The molecule has 5 heteroatoms. The zero-order valence-corrected chi connectivity index (χ0v) is 14.8. The quantitative estimate of drug-likeness (QED) is 0.492. The highest BCUT2D eigenvalue weighted by molar-refractivity contribution is 7.14. The molecule has 0 spiro atoms. The van der Waals surface area contributed by atoms with Gasteiger partial charge in [-0.05, 0) is 29.8 Å². The molecule has 0 radical (unpaired) electrons. The van der Waals surface area contributed by atoms with E-state index in [0.29, 0.717) is 6.61 Å². The molecule has 4 nitrogen and oxygen atoms in total. The van der Waals surface area contributed by atoms with E-state index in [2.05, 4.69) is 27.4 Å². The van der Waals surface area contributed by atoms with Crippen molar-refractivity contribution < 1.29 is 4.74 Å². The predicted octanol–water partition coefficient (Wildman–Crippen LogP) is 5.53. The smallest absolute Gasteiger partial charge is 0.187 e. The van der Waals surface area contributed by atoms with Gasteiger partial charge in [0.2, 0.25) is 0 Å². The molecular weight excluding hydrogens is 342 g/mol. The van der Waals surface area contributed by atoms with Gasteiger partial charge >= 0.3 is 0 Å². The first-order valence-electron chi connectivity index (χ1n) is 8.26. The fourth-order valence-electron chi connectivity index (χ4n) is 2.51. The number of ether oxygens (including phenoxy) is 1. The van der Waals surface area contributed by atoms with Gasteiger partial charge in [-0.15, -0.1) is 11.3 Å². The molecule has 0 atom stereocenters. The standard InChI is InChI=1S/C21H17N3OS/c1-2-6-16(7-3-1)14-25-19-10-4-9-18(12-19)23-21-24-20(15-26-21)17-8-5-11-22-13-17/h1-13,15H,14H2,(H,23,24). The summed E-state index contributed by atoms with van der Waals surface area (Å²) in [5.74, 6) is 0.822. The van der Waals surface area contributed by atoms with Crippen LogP contribution in [0.3, 0.4) is 0 Å². The Labute approximate surface area is 156 Å². The maximum absolute atomic E-state index is 5.88. The normalized spacial score (nSPS) is 10.5. The lowest BCUT2D eigenvalue weighted by atomic mass is 10.2. The fourth-order valence-corrected chi connectivity index (χ4v) is 3.25. The van der Waals surface area contributed by atoms with Crippen molar-refractivity contribution in [3.05, 3.63) is 90.1 Å². The van der Waals surface area contributed by atoms with Gasteiger partial charge < -0.3 is 10.1 Å². The van der Waals surface area contributed by atoms with Crippen molar-refractivity contribution in [1.82, 2.24) is 9.97 Å². The average molecular weight is 359 g/mol. The van der Waals surface area contributed by atoms with Crippen LogP contribution in [-0.2, 0) is 6.61 Å². The summed E-state index contributed by atoms with van der Waals surface area (Å²) in [5.41, 5.74) is 4.02. The first-order valence-corrected chi connectivity index (χ1v) is 9.14. The monoisotopic (exact) mass is 359 g/mol. The predicted molar refractivity (Wildman–Crippen MR) is 106 cm³/mol. The van der Waals surface area contributed by atoms with Crippen LogP contribution in [0.4, 0.5) is 10.8 Å². The Morgan fingerprint density at radius 3 is 2.73 bits per heavy atom. The average Bonchev–Trinajstić information content (AvgIpc) is 3.17. The van der Waals surface area contributed by atoms with Crippen LogP contribution in [0.15, 0.2) is 84.5 Å². The zero-order valence-electron chi connectivity index (χ0n) is 14.0. The largest absolute Gasteiger partial charge is 0.489 e. The molecule has 26 heavy (non-hydrogen) atoms. The zero-order chi connectivity index (χ0) is 17.6. The van der Waals surface area contributed by atoms with Gasteiger partial charge in [0, 0.05) is 35.1 Å². The summed E-state index contributed by atoms with van der Waals surface area (Å²) >= 11 is 1.56. The summed E-state index contributed by atoms with van der Waals surface area (Å²) in [4.78, 5) is 8.76. The van der Waals surface area contributed by atoms with Crippen molar-refractivity contribution in [2.45, 2.75) is 6.61 Å². The number of hydrogen-bond donors (Lipinski definition) is 1. The van der Waals surface area contributed by atoms with Gasteiger partial charge in [-0.25, -0.2) is 4.98 Å². The maximum Gasteiger partial charge on any atom is 0.187 e. The first-order chi connectivity index (χ1) is 12.9. The van der Waals surface area contributed by atoms with Gasteiger partial charge in [-0.2, -0.15) is 0 Å². The number of benzene rings is 2. The Hall–Kier alpha value is -3.18. The van der Waals surface area contributed by atoms with Crippen LogP contribution in [0, 0.1) is 0 Å². The number of thiazole rings is 1. The molecule has 2 heterocycles. The Balaban J connectivity index is 1.43. The number of rotatable bonds is 6. The van der Waals surface area contributed by atoms with E-state index in [-0.39, 0.29) is 0 Å². The first kappa shape index (κ1) is 16.3. The SMILES string of the molecule is c1ccc(COc2cccc(Nc3nc(-c4cccnc4)cs3)c2)cc1. The van der Waals surface area contributed by atoms with E-state index in [1.54, 1.807) is 17.5 Å². The van der Waals surface area contributed by atoms with Crippen LogP contribution in [0.1, 0.15) is 5.56 Å². The molecule has 0 saturated carbocycles. The van der Waals surface area contributed by atoms with Crippen molar-refractivity contribution in [1.29, 1.82) is 0 Å². The van der Waals surface area contributed by atoms with Crippen molar-refractivity contribution in [3.63, 3.8) is 0 Å². The van der Waals surface area contributed by atoms with E-state index in [9.17, 15) is 0 Å². The number of nitrogens with zero attached hydrogens (tertiary/aromatic N) is 2. The molecule has 4 rings (SSSR count). The fraction of sp³-hybridized carbons (Fsp3) is 0.0476. The molecule has 2 aromatic heterocycles. The highest BCUT2D eigenvalue weighted by Crippen LogP contribution is 2.28. The minimum absolute atomic E-state index is 0.548. The minimum atomic E-state index is 0.548. The summed E-state index contributed by atoms with van der Waals surface area (Å²) in [5, 5.41) is 6.20. The third-order valence-corrected chi connectivity index (χ3v) is 4.55. The second-order valence-electron chi connectivity index (χ2n) is 5.71. The maximum atomic E-state index is 5.88. The molecule has 0 unspecified atom stereocenters. The van der Waals surface area contributed by atoms with Crippen molar-refractivity contribution >= 4 is 22.2 Å². The molecule has 0 aliphatic carbocycles. The van der Waals surface area contributed by atoms with Gasteiger partial charge in [-0.3, -0.25) is 4.98 Å². The van der Waals surface area contributed by atoms with Gasteiger partial charge in [0.15, 0.2) is 5.13 Å². The number of pyridine rings is 1. The molecule has 0 bridgehead atoms. The molecule has 0 amide bonds. The van der Waals surface area contributed by atoms with Gasteiger partial charge in [0.05, 0.1) is 5.69 Å². The van der Waals surface area contributed by atoms with Crippen LogP contribution in [-0.4, -0.2) is 9.97 Å². The summed E-state index contributed by atoms with van der Waals surface area (Å²) < 4.78 is 5.88. The Kier molecular flexibility index (Phi) is 4.89. The summed E-state index contributed by atoms with van der Waals surface area (Å²) in [6.45, 7) is 0.548. The third-order valence-electron chi connectivity index (χ3n) is 3.80. The van der Waals surface area contributed by atoms with Crippen molar-refractivity contribution in [3.8, 4) is 17.0 Å². The molecule has 0 saturated heterocycles. The lowest BCUT2D eigenvalue weighted by molar-refractivity contribution is 0.306.